The predicted octanol–water partition coefficient (Wildman–Crippen LogP) is 5.06. The molecular weight excluding hydrogens is 250 g/mol. The quantitative estimate of drug-likeness (QED) is 0.782. The molecule has 0 fully saturated rings. The molecule has 110 valence electrons. The van der Waals surface area contributed by atoms with Gasteiger partial charge in [-0.05, 0) is 24.6 Å². The van der Waals surface area contributed by atoms with E-state index >= 15 is 0 Å². The molecule has 1 aromatic heterocycles. The second kappa shape index (κ2) is 7.73. The highest BCUT2D eigenvalue weighted by Gasteiger charge is 2.16. The van der Waals surface area contributed by atoms with E-state index in [4.69, 9.17) is 9.15 Å². The van der Waals surface area contributed by atoms with Crippen LogP contribution in [0.5, 0.6) is 5.75 Å². The summed E-state index contributed by atoms with van der Waals surface area (Å²) in [7, 11) is 1.66. The Hall–Kier alpha value is -1.77. The monoisotopic (exact) mass is 275 g/mol. The third-order valence-electron chi connectivity index (χ3n) is 2.90. The van der Waals surface area contributed by atoms with Gasteiger partial charge in [-0.25, -0.2) is 4.98 Å². The Morgan fingerprint density at radius 2 is 1.95 bits per heavy atom. The topological polar surface area (TPSA) is 35.3 Å². The van der Waals surface area contributed by atoms with E-state index in [0.29, 0.717) is 11.8 Å². The van der Waals surface area contributed by atoms with Crippen LogP contribution < -0.4 is 4.74 Å². The zero-order valence-corrected chi connectivity index (χ0v) is 13.4. The number of ether oxygens (including phenoxy) is 1. The maximum atomic E-state index is 5.89. The Labute approximate surface area is 122 Å². The van der Waals surface area contributed by atoms with Crippen molar-refractivity contribution in [2.75, 3.05) is 7.11 Å². The van der Waals surface area contributed by atoms with Gasteiger partial charge in [-0.3, -0.25) is 0 Å². The van der Waals surface area contributed by atoms with Gasteiger partial charge in [0.2, 0.25) is 5.89 Å². The average Bonchev–Trinajstić information content (AvgIpc) is 2.94. The fourth-order valence-corrected chi connectivity index (χ4v) is 1.95. The van der Waals surface area contributed by atoms with Crippen molar-refractivity contribution in [2.24, 2.45) is 0 Å². The molecule has 0 aliphatic rings. The standard InChI is InChI=1S/C15H19NO2.C2H6/c1-5-13-14(10(2)3)18-15(16-13)11-7-6-8-12(9-11)17-4;1-2/h6-10H,5H2,1-4H3;1-2H3. The third kappa shape index (κ3) is 3.62. The summed E-state index contributed by atoms with van der Waals surface area (Å²) in [5.41, 5.74) is 2.00. The van der Waals surface area contributed by atoms with Gasteiger partial charge in [-0.15, -0.1) is 0 Å². The molecule has 2 aromatic rings. The molecule has 0 radical (unpaired) electrons. The molecule has 0 N–H and O–H groups in total. The van der Waals surface area contributed by atoms with Crippen LogP contribution in [0.1, 0.15) is 52.0 Å². The van der Waals surface area contributed by atoms with Crippen LogP contribution >= 0.6 is 0 Å². The Bertz CT molecular complexity index is 530. The third-order valence-corrected chi connectivity index (χ3v) is 2.90. The van der Waals surface area contributed by atoms with E-state index in [1.165, 1.54) is 0 Å². The van der Waals surface area contributed by atoms with Crippen molar-refractivity contribution in [3.63, 3.8) is 0 Å². The average molecular weight is 275 g/mol. The molecular formula is C17H25NO2. The maximum Gasteiger partial charge on any atom is 0.226 e. The summed E-state index contributed by atoms with van der Waals surface area (Å²) < 4.78 is 11.1. The molecule has 0 aliphatic carbocycles. The van der Waals surface area contributed by atoms with Crippen LogP contribution in [-0.2, 0) is 6.42 Å². The Morgan fingerprint density at radius 3 is 2.45 bits per heavy atom. The minimum absolute atomic E-state index is 0.354. The predicted molar refractivity (Wildman–Crippen MR) is 83.3 cm³/mol. The molecule has 1 heterocycles. The van der Waals surface area contributed by atoms with Crippen LogP contribution in [0.25, 0.3) is 11.5 Å². The smallest absolute Gasteiger partial charge is 0.226 e. The summed E-state index contributed by atoms with van der Waals surface area (Å²) in [6.45, 7) is 10.3. The lowest BCUT2D eigenvalue weighted by atomic mass is 10.1. The van der Waals surface area contributed by atoms with Gasteiger partial charge >= 0.3 is 0 Å². The highest BCUT2D eigenvalue weighted by molar-refractivity contribution is 5.56. The van der Waals surface area contributed by atoms with Crippen LogP contribution in [0.4, 0.5) is 0 Å². The number of methoxy groups -OCH3 is 1. The first kappa shape index (κ1) is 16.3. The zero-order chi connectivity index (χ0) is 15.1. The fraction of sp³-hybridized carbons (Fsp3) is 0.471. The lowest BCUT2D eigenvalue weighted by Gasteiger charge is -2.01. The second-order valence-corrected chi connectivity index (χ2v) is 4.57. The van der Waals surface area contributed by atoms with Gasteiger partial charge in [0, 0.05) is 11.5 Å². The maximum absolute atomic E-state index is 5.89. The number of aromatic nitrogens is 1. The summed E-state index contributed by atoms with van der Waals surface area (Å²) in [5, 5.41) is 0. The number of hydrogen-bond donors (Lipinski definition) is 0. The minimum atomic E-state index is 0.354. The molecule has 3 nitrogen and oxygen atoms in total. The largest absolute Gasteiger partial charge is 0.497 e. The number of oxazole rings is 1. The lowest BCUT2D eigenvalue weighted by Crippen LogP contribution is -1.90. The summed E-state index contributed by atoms with van der Waals surface area (Å²) in [5.74, 6) is 2.83. The van der Waals surface area contributed by atoms with Crippen molar-refractivity contribution in [1.82, 2.24) is 4.98 Å². The summed E-state index contributed by atoms with van der Waals surface area (Å²) in [4.78, 5) is 4.57. The van der Waals surface area contributed by atoms with Crippen molar-refractivity contribution in [2.45, 2.75) is 47.0 Å². The summed E-state index contributed by atoms with van der Waals surface area (Å²) in [6.07, 6.45) is 0.890. The number of nitrogens with zero attached hydrogens (tertiary/aromatic N) is 1. The first-order valence-corrected chi connectivity index (χ1v) is 7.29. The van der Waals surface area contributed by atoms with Gasteiger partial charge in [0.05, 0.1) is 12.8 Å². The number of hydrogen-bond acceptors (Lipinski definition) is 3. The Morgan fingerprint density at radius 1 is 1.25 bits per heavy atom. The van der Waals surface area contributed by atoms with Gasteiger partial charge in [-0.2, -0.15) is 0 Å². The molecule has 2 rings (SSSR count). The van der Waals surface area contributed by atoms with E-state index in [1.807, 2.05) is 38.1 Å². The fourth-order valence-electron chi connectivity index (χ4n) is 1.95. The molecule has 0 spiro atoms. The van der Waals surface area contributed by atoms with Crippen LogP contribution in [0, 0.1) is 0 Å². The van der Waals surface area contributed by atoms with Crippen molar-refractivity contribution >= 4 is 0 Å². The van der Waals surface area contributed by atoms with Crippen LogP contribution in [0.15, 0.2) is 28.7 Å². The molecule has 0 aliphatic heterocycles. The van der Waals surface area contributed by atoms with Gasteiger partial charge in [-0.1, -0.05) is 40.7 Å². The molecule has 0 saturated carbocycles. The first-order chi connectivity index (χ1) is 9.65. The van der Waals surface area contributed by atoms with E-state index in [1.54, 1.807) is 7.11 Å². The lowest BCUT2D eigenvalue weighted by molar-refractivity contribution is 0.414. The molecule has 0 amide bonds. The van der Waals surface area contributed by atoms with Crippen LogP contribution in [0.2, 0.25) is 0 Å². The van der Waals surface area contributed by atoms with Crippen molar-refractivity contribution < 1.29 is 9.15 Å². The van der Waals surface area contributed by atoms with E-state index in [-0.39, 0.29) is 0 Å². The molecule has 1 aromatic carbocycles. The number of rotatable bonds is 4. The highest BCUT2D eigenvalue weighted by atomic mass is 16.5. The molecule has 0 bridgehead atoms. The van der Waals surface area contributed by atoms with Crippen LogP contribution in [-0.4, -0.2) is 12.1 Å². The number of aryl methyl sites for hydroxylation is 1. The van der Waals surface area contributed by atoms with E-state index < -0.39 is 0 Å². The highest BCUT2D eigenvalue weighted by Crippen LogP contribution is 2.29. The normalized spacial score (nSPS) is 10.2. The molecule has 20 heavy (non-hydrogen) atoms. The van der Waals surface area contributed by atoms with Crippen LogP contribution in [0.3, 0.4) is 0 Å². The van der Waals surface area contributed by atoms with E-state index in [2.05, 4.69) is 25.8 Å². The summed E-state index contributed by atoms with van der Waals surface area (Å²) in [6, 6.07) is 7.78. The van der Waals surface area contributed by atoms with Gasteiger partial charge in [0.25, 0.3) is 0 Å². The van der Waals surface area contributed by atoms with Crippen molar-refractivity contribution in [1.29, 1.82) is 0 Å². The SMILES string of the molecule is CC.CCc1nc(-c2cccc(OC)c2)oc1C(C)C. The molecule has 0 atom stereocenters. The van der Waals surface area contributed by atoms with Gasteiger partial charge in [0.15, 0.2) is 0 Å². The molecule has 0 saturated heterocycles. The zero-order valence-electron chi connectivity index (χ0n) is 13.4. The van der Waals surface area contributed by atoms with Gasteiger partial charge in [0.1, 0.15) is 11.5 Å². The van der Waals surface area contributed by atoms with E-state index in [9.17, 15) is 0 Å². The number of benzene rings is 1. The van der Waals surface area contributed by atoms with Crippen molar-refractivity contribution in [3.05, 3.63) is 35.7 Å². The summed E-state index contributed by atoms with van der Waals surface area (Å²) >= 11 is 0. The Balaban J connectivity index is 0.000000956. The van der Waals surface area contributed by atoms with E-state index in [0.717, 1.165) is 29.2 Å². The minimum Gasteiger partial charge on any atom is -0.497 e. The van der Waals surface area contributed by atoms with Crippen molar-refractivity contribution in [3.8, 4) is 17.2 Å². The molecule has 0 unspecified atom stereocenters. The second-order valence-electron chi connectivity index (χ2n) is 4.57. The first-order valence-electron chi connectivity index (χ1n) is 7.29. The van der Waals surface area contributed by atoms with Gasteiger partial charge < -0.3 is 9.15 Å². The Kier molecular flexibility index (Phi) is 6.29. The molecule has 3 heteroatoms.